The number of aryl methyl sites for hydroxylation is 1. The van der Waals surface area contributed by atoms with Crippen LogP contribution >= 0.6 is 22.6 Å². The van der Waals surface area contributed by atoms with E-state index in [0.29, 0.717) is 13.1 Å². The molecular weight excluding hydrogens is 369 g/mol. The molecule has 0 radical (unpaired) electrons. The monoisotopic (exact) mass is 387 g/mol. The van der Waals surface area contributed by atoms with E-state index in [2.05, 4.69) is 27.7 Å². The first-order valence-corrected chi connectivity index (χ1v) is 7.64. The van der Waals surface area contributed by atoms with Crippen molar-refractivity contribution >= 4 is 34.3 Å². The minimum Gasteiger partial charge on any atom is -0.409 e. The van der Waals surface area contributed by atoms with Crippen LogP contribution in [-0.2, 0) is 0 Å². The molecule has 108 valence electrons. The Bertz CT molecular complexity index is 537. The van der Waals surface area contributed by atoms with Gasteiger partial charge in [-0.3, -0.25) is 4.79 Å². The van der Waals surface area contributed by atoms with E-state index in [1.165, 1.54) is 0 Å². The van der Waals surface area contributed by atoms with Crippen molar-refractivity contribution in [2.24, 2.45) is 16.8 Å². The summed E-state index contributed by atoms with van der Waals surface area (Å²) in [6.45, 7) is 3.29. The highest BCUT2D eigenvalue weighted by atomic mass is 127. The number of nitrogens with zero attached hydrogens (tertiary/aromatic N) is 2. The van der Waals surface area contributed by atoms with Crippen LogP contribution in [0.1, 0.15) is 28.8 Å². The van der Waals surface area contributed by atoms with Gasteiger partial charge in [0.15, 0.2) is 0 Å². The second kappa shape index (κ2) is 6.43. The minimum atomic E-state index is 0.0658. The molecule has 5 nitrogen and oxygen atoms in total. The molecule has 1 heterocycles. The lowest BCUT2D eigenvalue weighted by molar-refractivity contribution is 0.0708. The van der Waals surface area contributed by atoms with Crippen molar-refractivity contribution in [1.29, 1.82) is 0 Å². The van der Waals surface area contributed by atoms with E-state index in [1.807, 2.05) is 30.0 Å². The predicted molar refractivity (Wildman–Crippen MR) is 85.9 cm³/mol. The number of carbonyl (C=O) groups excluding carboxylic acids is 1. The van der Waals surface area contributed by atoms with Crippen molar-refractivity contribution in [2.45, 2.75) is 19.8 Å². The molecule has 1 amide bonds. The Morgan fingerprint density at radius 1 is 1.45 bits per heavy atom. The fourth-order valence-corrected chi connectivity index (χ4v) is 3.03. The number of nitrogens with two attached hydrogens (primary N) is 1. The first kappa shape index (κ1) is 15.1. The Hall–Kier alpha value is -1.31. The molecule has 0 atom stereocenters. The highest BCUT2D eigenvalue weighted by Crippen LogP contribution is 2.22. The van der Waals surface area contributed by atoms with Crippen LogP contribution in [0.5, 0.6) is 0 Å². The third-order valence-electron chi connectivity index (χ3n) is 3.74. The van der Waals surface area contributed by atoms with Gasteiger partial charge in [0.2, 0.25) is 0 Å². The zero-order valence-electron chi connectivity index (χ0n) is 11.3. The first-order chi connectivity index (χ1) is 9.54. The topological polar surface area (TPSA) is 78.9 Å². The summed E-state index contributed by atoms with van der Waals surface area (Å²) in [5.41, 5.74) is 7.49. The summed E-state index contributed by atoms with van der Waals surface area (Å²) >= 11 is 2.22. The fourth-order valence-electron chi connectivity index (χ4n) is 2.44. The van der Waals surface area contributed by atoms with Gasteiger partial charge in [-0.15, -0.1) is 0 Å². The summed E-state index contributed by atoms with van der Waals surface area (Å²) in [6, 6.07) is 5.78. The Morgan fingerprint density at radius 2 is 2.10 bits per heavy atom. The van der Waals surface area contributed by atoms with Crippen LogP contribution in [0.2, 0.25) is 0 Å². The Balaban J connectivity index is 2.07. The standard InChI is InChI=1S/C14H18IN3O2/c1-9-3-2-4-11(12(9)15)14(19)18-7-5-10(6-8-18)13(16)17-20/h2-4,10,20H,5-8H2,1H3,(H2,16,17). The zero-order valence-corrected chi connectivity index (χ0v) is 13.5. The van der Waals surface area contributed by atoms with Gasteiger partial charge in [0.05, 0.1) is 5.56 Å². The van der Waals surface area contributed by atoms with Crippen molar-refractivity contribution < 1.29 is 10.0 Å². The lowest BCUT2D eigenvalue weighted by Gasteiger charge is -2.31. The molecule has 2 rings (SSSR count). The largest absolute Gasteiger partial charge is 0.409 e. The molecule has 0 spiro atoms. The van der Waals surface area contributed by atoms with Gasteiger partial charge in [0, 0.05) is 22.6 Å². The maximum absolute atomic E-state index is 12.5. The fraction of sp³-hybridized carbons (Fsp3) is 0.429. The number of likely N-dealkylation sites (tertiary alicyclic amines) is 1. The van der Waals surface area contributed by atoms with E-state index in [1.54, 1.807) is 0 Å². The summed E-state index contributed by atoms with van der Waals surface area (Å²) in [6.07, 6.45) is 1.48. The molecule has 0 unspecified atom stereocenters. The average molecular weight is 387 g/mol. The number of amidine groups is 1. The Morgan fingerprint density at radius 3 is 2.70 bits per heavy atom. The number of oxime groups is 1. The number of hydrogen-bond acceptors (Lipinski definition) is 3. The van der Waals surface area contributed by atoms with E-state index in [-0.39, 0.29) is 17.7 Å². The molecule has 0 aliphatic carbocycles. The number of benzene rings is 1. The van der Waals surface area contributed by atoms with Gasteiger partial charge in [-0.25, -0.2) is 0 Å². The van der Waals surface area contributed by atoms with Crippen molar-refractivity contribution in [2.75, 3.05) is 13.1 Å². The highest BCUT2D eigenvalue weighted by molar-refractivity contribution is 14.1. The molecule has 0 aromatic heterocycles. The van der Waals surface area contributed by atoms with Gasteiger partial charge in [0.1, 0.15) is 5.84 Å². The van der Waals surface area contributed by atoms with Crippen LogP contribution in [0.15, 0.2) is 23.4 Å². The van der Waals surface area contributed by atoms with Crippen LogP contribution < -0.4 is 5.73 Å². The SMILES string of the molecule is Cc1cccc(C(=O)N2CCC(/C(N)=N/O)CC2)c1I. The summed E-state index contributed by atoms with van der Waals surface area (Å²) < 4.78 is 1.01. The highest BCUT2D eigenvalue weighted by Gasteiger charge is 2.26. The molecule has 1 aromatic rings. The molecule has 0 saturated carbocycles. The molecule has 1 aliphatic heterocycles. The number of hydrogen-bond donors (Lipinski definition) is 2. The molecule has 20 heavy (non-hydrogen) atoms. The molecule has 1 saturated heterocycles. The Kier molecular flexibility index (Phi) is 4.85. The van der Waals surface area contributed by atoms with Crippen LogP contribution in [0.4, 0.5) is 0 Å². The molecule has 3 N–H and O–H groups in total. The van der Waals surface area contributed by atoms with Gasteiger partial charge in [-0.2, -0.15) is 0 Å². The van der Waals surface area contributed by atoms with Crippen LogP contribution in [-0.4, -0.2) is 34.9 Å². The Labute approximate surface area is 132 Å². The summed E-state index contributed by atoms with van der Waals surface area (Å²) in [4.78, 5) is 14.4. The molecule has 1 fully saturated rings. The van der Waals surface area contributed by atoms with Gasteiger partial charge in [-0.1, -0.05) is 17.3 Å². The lowest BCUT2D eigenvalue weighted by atomic mass is 9.95. The van der Waals surface area contributed by atoms with E-state index in [9.17, 15) is 4.79 Å². The minimum absolute atomic E-state index is 0.0658. The maximum Gasteiger partial charge on any atom is 0.254 e. The molecule has 1 aliphatic rings. The van der Waals surface area contributed by atoms with Crippen molar-refractivity contribution in [3.05, 3.63) is 32.9 Å². The summed E-state index contributed by atoms with van der Waals surface area (Å²) in [5.74, 6) is 0.402. The smallest absolute Gasteiger partial charge is 0.254 e. The van der Waals surface area contributed by atoms with Crippen molar-refractivity contribution in [3.8, 4) is 0 Å². The molecule has 0 bridgehead atoms. The summed E-state index contributed by atoms with van der Waals surface area (Å²) in [5, 5.41) is 11.7. The molecular formula is C14H18IN3O2. The first-order valence-electron chi connectivity index (χ1n) is 6.56. The second-order valence-corrected chi connectivity index (χ2v) is 6.11. The maximum atomic E-state index is 12.5. The van der Waals surface area contributed by atoms with E-state index < -0.39 is 0 Å². The van der Waals surface area contributed by atoms with Crippen molar-refractivity contribution in [3.63, 3.8) is 0 Å². The van der Waals surface area contributed by atoms with Gasteiger partial charge in [0.25, 0.3) is 5.91 Å². The third-order valence-corrected chi connectivity index (χ3v) is 5.17. The molecule has 6 heteroatoms. The van der Waals surface area contributed by atoms with E-state index >= 15 is 0 Å². The van der Waals surface area contributed by atoms with Crippen LogP contribution in [0, 0.1) is 16.4 Å². The van der Waals surface area contributed by atoms with Gasteiger partial charge < -0.3 is 15.8 Å². The predicted octanol–water partition coefficient (Wildman–Crippen LogP) is 2.20. The van der Waals surface area contributed by atoms with Crippen LogP contribution in [0.25, 0.3) is 0 Å². The number of piperidine rings is 1. The van der Waals surface area contributed by atoms with E-state index in [0.717, 1.165) is 27.5 Å². The number of carbonyl (C=O) groups is 1. The second-order valence-electron chi connectivity index (χ2n) is 5.03. The number of amides is 1. The quantitative estimate of drug-likeness (QED) is 0.269. The number of halogens is 1. The average Bonchev–Trinajstić information content (AvgIpc) is 2.48. The third kappa shape index (κ3) is 3.05. The van der Waals surface area contributed by atoms with Gasteiger partial charge >= 0.3 is 0 Å². The summed E-state index contributed by atoms with van der Waals surface area (Å²) in [7, 11) is 0. The lowest BCUT2D eigenvalue weighted by Crippen LogP contribution is -2.42. The molecule has 1 aromatic carbocycles. The van der Waals surface area contributed by atoms with Crippen molar-refractivity contribution in [1.82, 2.24) is 4.90 Å². The van der Waals surface area contributed by atoms with E-state index in [4.69, 9.17) is 10.9 Å². The van der Waals surface area contributed by atoms with Gasteiger partial charge in [-0.05, 0) is 54.0 Å². The zero-order chi connectivity index (χ0) is 14.7. The normalized spacial score (nSPS) is 17.3. The number of rotatable bonds is 2. The van der Waals surface area contributed by atoms with Crippen LogP contribution in [0.3, 0.4) is 0 Å².